The molecule has 0 aliphatic carbocycles. The van der Waals surface area contributed by atoms with Gasteiger partial charge in [-0.2, -0.15) is 11.8 Å². The van der Waals surface area contributed by atoms with Gasteiger partial charge < -0.3 is 10.8 Å². The molecule has 0 aliphatic rings. The van der Waals surface area contributed by atoms with Gasteiger partial charge in [-0.25, -0.2) is 5.43 Å². The van der Waals surface area contributed by atoms with E-state index in [0.29, 0.717) is 18.0 Å². The van der Waals surface area contributed by atoms with Crippen molar-refractivity contribution in [3.05, 3.63) is 34.9 Å². The van der Waals surface area contributed by atoms with Crippen molar-refractivity contribution < 1.29 is 9.90 Å². The maximum Gasteiger partial charge on any atom is 0.264 e. The summed E-state index contributed by atoms with van der Waals surface area (Å²) in [5.41, 5.74) is 12.0. The van der Waals surface area contributed by atoms with E-state index in [1.54, 1.807) is 23.9 Å². The predicted molar refractivity (Wildman–Crippen MR) is 88.0 cm³/mol. The van der Waals surface area contributed by atoms with Crippen LogP contribution in [0, 0.1) is 0 Å². The van der Waals surface area contributed by atoms with Crippen LogP contribution < -0.4 is 16.6 Å². The molecule has 0 aliphatic heterocycles. The average molecular weight is 332 g/mol. The van der Waals surface area contributed by atoms with Crippen molar-refractivity contribution in [2.24, 2.45) is 5.73 Å². The van der Waals surface area contributed by atoms with Crippen molar-refractivity contribution in [3.8, 4) is 0 Å². The Kier molecular flexibility index (Phi) is 8.72. The zero-order valence-electron chi connectivity index (χ0n) is 12.0. The number of aliphatic hydroxyl groups excluding tert-OH is 1. The lowest BCUT2D eigenvalue weighted by Crippen LogP contribution is -2.50. The molecule has 1 aromatic carbocycles. The molecule has 21 heavy (non-hydrogen) atoms. The first-order valence-electron chi connectivity index (χ1n) is 6.83. The molecule has 0 saturated heterocycles. The molecule has 1 rings (SSSR count). The summed E-state index contributed by atoms with van der Waals surface area (Å²) in [6.07, 6.45) is -0.607. The molecule has 0 fully saturated rings. The van der Waals surface area contributed by atoms with E-state index >= 15 is 0 Å². The monoisotopic (exact) mass is 331 g/mol. The molecule has 5 N–H and O–H groups in total. The Morgan fingerprint density at radius 2 is 2.10 bits per heavy atom. The number of hydrogen-bond acceptors (Lipinski definition) is 5. The number of rotatable bonds is 9. The highest BCUT2D eigenvalue weighted by Crippen LogP contribution is 2.09. The van der Waals surface area contributed by atoms with Crippen LogP contribution in [0.3, 0.4) is 0 Å². The number of thioether (sulfide) groups is 1. The van der Waals surface area contributed by atoms with Crippen molar-refractivity contribution in [2.75, 3.05) is 11.5 Å². The summed E-state index contributed by atoms with van der Waals surface area (Å²) in [4.78, 5) is 11.7. The summed E-state index contributed by atoms with van der Waals surface area (Å²) >= 11 is 7.52. The standard InChI is InChI=1S/C14H22ClN3O2S/c1-2-21-8-7-12(16)13(19)14(20)18-17-9-10-3-5-11(15)6-4-10/h3-6,12-13,17,19H,2,7-9,16H2,1H3,(H,18,20). The molecule has 5 nitrogen and oxygen atoms in total. The van der Waals surface area contributed by atoms with Crippen molar-refractivity contribution >= 4 is 29.3 Å². The third-order valence-corrected chi connectivity index (χ3v) is 4.08. The third-order valence-electron chi connectivity index (χ3n) is 2.89. The van der Waals surface area contributed by atoms with Gasteiger partial charge in [-0.05, 0) is 35.6 Å². The zero-order chi connectivity index (χ0) is 15.7. The highest BCUT2D eigenvalue weighted by molar-refractivity contribution is 7.99. The second-order valence-electron chi connectivity index (χ2n) is 4.56. The van der Waals surface area contributed by atoms with E-state index in [-0.39, 0.29) is 0 Å². The minimum absolute atomic E-state index is 0.441. The van der Waals surface area contributed by atoms with Crippen molar-refractivity contribution in [1.82, 2.24) is 10.9 Å². The Balaban J connectivity index is 2.27. The van der Waals surface area contributed by atoms with Gasteiger partial charge in [0.15, 0.2) is 0 Å². The molecule has 0 aromatic heterocycles. The molecule has 0 saturated carbocycles. The lowest BCUT2D eigenvalue weighted by molar-refractivity contribution is -0.131. The summed E-state index contributed by atoms with van der Waals surface area (Å²) in [7, 11) is 0. The number of carbonyl (C=O) groups excluding carboxylic acids is 1. The Morgan fingerprint density at radius 1 is 1.43 bits per heavy atom. The Hall–Kier alpha value is -0.790. The van der Waals surface area contributed by atoms with Crippen LogP contribution in [-0.2, 0) is 11.3 Å². The Labute approximate surface area is 134 Å². The smallest absolute Gasteiger partial charge is 0.264 e. The van der Waals surface area contributed by atoms with Crippen LogP contribution in [0.1, 0.15) is 18.9 Å². The molecule has 2 unspecified atom stereocenters. The van der Waals surface area contributed by atoms with Crippen LogP contribution in [0.5, 0.6) is 0 Å². The maximum atomic E-state index is 11.7. The number of hydrazine groups is 1. The van der Waals surface area contributed by atoms with Crippen LogP contribution in [0.25, 0.3) is 0 Å². The van der Waals surface area contributed by atoms with Crippen molar-refractivity contribution in [3.63, 3.8) is 0 Å². The van der Waals surface area contributed by atoms with E-state index in [1.807, 2.05) is 12.1 Å². The van der Waals surface area contributed by atoms with Crippen LogP contribution in [0.4, 0.5) is 0 Å². The second kappa shape index (κ2) is 10.0. The molecule has 1 amide bonds. The van der Waals surface area contributed by atoms with Crippen molar-refractivity contribution in [1.29, 1.82) is 0 Å². The molecule has 0 bridgehead atoms. The van der Waals surface area contributed by atoms with Gasteiger partial charge in [-0.3, -0.25) is 10.2 Å². The van der Waals surface area contributed by atoms with Gasteiger partial charge in [-0.1, -0.05) is 30.7 Å². The van der Waals surface area contributed by atoms with Gasteiger partial charge in [0.2, 0.25) is 0 Å². The molecule has 0 spiro atoms. The summed E-state index contributed by atoms with van der Waals surface area (Å²) < 4.78 is 0. The molecular weight excluding hydrogens is 310 g/mol. The maximum absolute atomic E-state index is 11.7. The van der Waals surface area contributed by atoms with E-state index in [1.165, 1.54) is 0 Å². The van der Waals surface area contributed by atoms with Crippen LogP contribution in [0.15, 0.2) is 24.3 Å². The minimum atomic E-state index is -1.21. The van der Waals surface area contributed by atoms with Gasteiger partial charge >= 0.3 is 0 Å². The van der Waals surface area contributed by atoms with Crippen molar-refractivity contribution in [2.45, 2.75) is 32.0 Å². The lowest BCUT2D eigenvalue weighted by Gasteiger charge is -2.18. The van der Waals surface area contributed by atoms with E-state index in [0.717, 1.165) is 17.1 Å². The van der Waals surface area contributed by atoms with Gasteiger partial charge in [0.25, 0.3) is 5.91 Å². The van der Waals surface area contributed by atoms with Gasteiger partial charge in [0, 0.05) is 17.6 Å². The Bertz CT molecular complexity index is 431. The molecule has 1 aromatic rings. The lowest BCUT2D eigenvalue weighted by atomic mass is 10.1. The number of amides is 1. The molecule has 2 atom stereocenters. The van der Waals surface area contributed by atoms with E-state index in [2.05, 4.69) is 17.8 Å². The second-order valence-corrected chi connectivity index (χ2v) is 6.39. The number of nitrogens with one attached hydrogen (secondary N) is 2. The largest absolute Gasteiger partial charge is 0.382 e. The first-order chi connectivity index (χ1) is 10.0. The zero-order valence-corrected chi connectivity index (χ0v) is 13.6. The van der Waals surface area contributed by atoms with E-state index in [4.69, 9.17) is 17.3 Å². The van der Waals surface area contributed by atoms with Crippen LogP contribution >= 0.6 is 23.4 Å². The van der Waals surface area contributed by atoms with Gasteiger partial charge in [0.05, 0.1) is 0 Å². The van der Waals surface area contributed by atoms with Gasteiger partial charge in [0.1, 0.15) is 6.10 Å². The molecular formula is C14H22ClN3O2S. The third kappa shape index (κ3) is 7.15. The fraction of sp³-hybridized carbons (Fsp3) is 0.500. The number of aliphatic hydroxyl groups is 1. The summed E-state index contributed by atoms with van der Waals surface area (Å²) in [5.74, 6) is 1.32. The summed E-state index contributed by atoms with van der Waals surface area (Å²) in [5, 5.41) is 10.5. The SMILES string of the molecule is CCSCCC(N)C(O)C(=O)NNCc1ccc(Cl)cc1. The first-order valence-corrected chi connectivity index (χ1v) is 8.36. The normalized spacial score (nSPS) is 13.7. The number of halogens is 1. The topological polar surface area (TPSA) is 87.4 Å². The highest BCUT2D eigenvalue weighted by Gasteiger charge is 2.22. The fourth-order valence-corrected chi connectivity index (χ4v) is 2.48. The number of nitrogens with two attached hydrogens (primary N) is 1. The number of carbonyl (C=O) groups is 1. The summed E-state index contributed by atoms with van der Waals surface area (Å²) in [6.45, 7) is 2.50. The number of hydrogen-bond donors (Lipinski definition) is 4. The molecule has 7 heteroatoms. The van der Waals surface area contributed by atoms with Crippen LogP contribution in [-0.4, -0.2) is 34.7 Å². The van der Waals surface area contributed by atoms with Gasteiger partial charge in [-0.15, -0.1) is 0 Å². The Morgan fingerprint density at radius 3 is 2.71 bits per heavy atom. The minimum Gasteiger partial charge on any atom is -0.382 e. The molecule has 0 radical (unpaired) electrons. The van der Waals surface area contributed by atoms with E-state index < -0.39 is 18.1 Å². The molecule has 118 valence electrons. The quantitative estimate of drug-likeness (QED) is 0.404. The fourth-order valence-electron chi connectivity index (χ4n) is 1.63. The first kappa shape index (κ1) is 18.3. The molecule has 0 heterocycles. The number of benzene rings is 1. The van der Waals surface area contributed by atoms with Crippen LogP contribution in [0.2, 0.25) is 5.02 Å². The highest BCUT2D eigenvalue weighted by atomic mass is 35.5. The summed E-state index contributed by atoms with van der Waals surface area (Å²) in [6, 6.07) is 6.70. The predicted octanol–water partition coefficient (Wildman–Crippen LogP) is 1.29. The average Bonchev–Trinajstić information content (AvgIpc) is 2.48. The van der Waals surface area contributed by atoms with E-state index in [9.17, 15) is 9.90 Å².